The Hall–Kier alpha value is -2.02. The standard InChI is InChI=1S/C16H23F2N3O2/c1-3-16(4-2,10-19)15(23)21-9-8-20-14(22)13-11(17)6-5-7-12(13)18/h5-7H,3-4,8-10,19H2,1-2H3,(H,20,22)(H,21,23). The number of nitrogens with two attached hydrogens (primary N) is 1. The van der Waals surface area contributed by atoms with Gasteiger partial charge in [0.05, 0.1) is 5.41 Å². The number of carbonyl (C=O) groups is 2. The Labute approximate surface area is 134 Å². The summed E-state index contributed by atoms with van der Waals surface area (Å²) in [5, 5.41) is 5.07. The summed E-state index contributed by atoms with van der Waals surface area (Å²) < 4.78 is 26.9. The molecule has 1 aromatic carbocycles. The Kier molecular flexibility index (Phi) is 7.09. The van der Waals surface area contributed by atoms with Crippen LogP contribution in [0.4, 0.5) is 8.78 Å². The molecular weight excluding hydrogens is 304 g/mol. The van der Waals surface area contributed by atoms with Gasteiger partial charge in [-0.15, -0.1) is 0 Å². The van der Waals surface area contributed by atoms with Crippen LogP contribution in [0.1, 0.15) is 37.0 Å². The summed E-state index contributed by atoms with van der Waals surface area (Å²) in [6.45, 7) is 4.23. The smallest absolute Gasteiger partial charge is 0.257 e. The first-order valence-electron chi connectivity index (χ1n) is 7.62. The molecule has 0 unspecified atom stereocenters. The van der Waals surface area contributed by atoms with Gasteiger partial charge in [0.15, 0.2) is 0 Å². The minimum atomic E-state index is -0.925. The van der Waals surface area contributed by atoms with Gasteiger partial charge in [-0.25, -0.2) is 8.78 Å². The molecule has 5 nitrogen and oxygen atoms in total. The number of hydrogen-bond acceptors (Lipinski definition) is 3. The van der Waals surface area contributed by atoms with Crippen molar-refractivity contribution in [3.63, 3.8) is 0 Å². The highest BCUT2D eigenvalue weighted by molar-refractivity contribution is 5.94. The second-order valence-corrected chi connectivity index (χ2v) is 5.30. The molecule has 0 atom stereocenters. The molecule has 1 rings (SSSR count). The highest BCUT2D eigenvalue weighted by atomic mass is 19.1. The first kappa shape index (κ1) is 19.0. The predicted molar refractivity (Wildman–Crippen MR) is 83.8 cm³/mol. The van der Waals surface area contributed by atoms with Crippen LogP contribution in [0.2, 0.25) is 0 Å². The quantitative estimate of drug-likeness (QED) is 0.634. The lowest BCUT2D eigenvalue weighted by Gasteiger charge is -2.28. The topological polar surface area (TPSA) is 84.2 Å². The lowest BCUT2D eigenvalue weighted by molar-refractivity contribution is -0.131. The molecule has 23 heavy (non-hydrogen) atoms. The summed E-state index contributed by atoms with van der Waals surface area (Å²) in [5.74, 6) is -2.89. The van der Waals surface area contributed by atoms with E-state index in [0.29, 0.717) is 12.8 Å². The molecule has 7 heteroatoms. The van der Waals surface area contributed by atoms with E-state index in [-0.39, 0.29) is 25.5 Å². The molecule has 128 valence electrons. The van der Waals surface area contributed by atoms with Gasteiger partial charge < -0.3 is 16.4 Å². The van der Waals surface area contributed by atoms with E-state index in [4.69, 9.17) is 5.73 Å². The van der Waals surface area contributed by atoms with Crippen LogP contribution in [0.15, 0.2) is 18.2 Å². The van der Waals surface area contributed by atoms with E-state index in [1.54, 1.807) is 0 Å². The average molecular weight is 327 g/mol. The van der Waals surface area contributed by atoms with Crippen molar-refractivity contribution in [3.8, 4) is 0 Å². The highest BCUT2D eigenvalue weighted by Gasteiger charge is 2.32. The Bertz CT molecular complexity index is 532. The Morgan fingerprint density at radius 3 is 2.09 bits per heavy atom. The number of rotatable bonds is 8. The monoisotopic (exact) mass is 327 g/mol. The zero-order valence-corrected chi connectivity index (χ0v) is 13.4. The highest BCUT2D eigenvalue weighted by Crippen LogP contribution is 2.24. The summed E-state index contributed by atoms with van der Waals surface area (Å²) in [7, 11) is 0. The van der Waals surface area contributed by atoms with E-state index in [9.17, 15) is 18.4 Å². The predicted octanol–water partition coefficient (Wildman–Crippen LogP) is 1.58. The number of nitrogens with one attached hydrogen (secondary N) is 2. The van der Waals surface area contributed by atoms with Crippen LogP contribution >= 0.6 is 0 Å². The van der Waals surface area contributed by atoms with Crippen molar-refractivity contribution in [3.05, 3.63) is 35.4 Å². The molecular formula is C16H23F2N3O2. The van der Waals surface area contributed by atoms with Crippen LogP contribution in [-0.2, 0) is 4.79 Å². The third-order valence-electron chi connectivity index (χ3n) is 4.11. The molecule has 0 aliphatic rings. The van der Waals surface area contributed by atoms with Crippen LogP contribution < -0.4 is 16.4 Å². The maximum Gasteiger partial charge on any atom is 0.257 e. The lowest BCUT2D eigenvalue weighted by Crippen LogP contribution is -2.47. The molecule has 0 saturated carbocycles. The second kappa shape index (κ2) is 8.57. The van der Waals surface area contributed by atoms with Gasteiger partial charge in [0.2, 0.25) is 5.91 Å². The van der Waals surface area contributed by atoms with Crippen LogP contribution in [0.5, 0.6) is 0 Å². The minimum absolute atomic E-state index is 0.0619. The number of hydrogen-bond donors (Lipinski definition) is 3. The summed E-state index contributed by atoms with van der Waals surface area (Å²) in [6, 6.07) is 3.21. The van der Waals surface area contributed by atoms with E-state index >= 15 is 0 Å². The van der Waals surface area contributed by atoms with Gasteiger partial charge in [-0.3, -0.25) is 9.59 Å². The van der Waals surface area contributed by atoms with Gasteiger partial charge in [-0.1, -0.05) is 19.9 Å². The lowest BCUT2D eigenvalue weighted by atomic mass is 9.81. The average Bonchev–Trinajstić information content (AvgIpc) is 2.53. The molecule has 0 radical (unpaired) electrons. The van der Waals surface area contributed by atoms with Gasteiger partial charge in [0.1, 0.15) is 17.2 Å². The Balaban J connectivity index is 2.52. The minimum Gasteiger partial charge on any atom is -0.354 e. The van der Waals surface area contributed by atoms with E-state index in [0.717, 1.165) is 12.1 Å². The SMILES string of the molecule is CCC(CC)(CN)C(=O)NCCNC(=O)c1c(F)cccc1F. The molecule has 0 spiro atoms. The maximum atomic E-state index is 13.4. The molecule has 0 aromatic heterocycles. The second-order valence-electron chi connectivity index (χ2n) is 5.30. The first-order chi connectivity index (χ1) is 10.9. The van der Waals surface area contributed by atoms with E-state index < -0.39 is 28.5 Å². The molecule has 0 bridgehead atoms. The third-order valence-corrected chi connectivity index (χ3v) is 4.11. The fraction of sp³-hybridized carbons (Fsp3) is 0.500. The van der Waals surface area contributed by atoms with Crippen molar-refractivity contribution in [2.24, 2.45) is 11.1 Å². The molecule has 0 aliphatic carbocycles. The number of amides is 2. The molecule has 2 amide bonds. The van der Waals surface area contributed by atoms with Gasteiger partial charge in [0, 0.05) is 19.6 Å². The van der Waals surface area contributed by atoms with Crippen molar-refractivity contribution < 1.29 is 18.4 Å². The zero-order chi connectivity index (χ0) is 17.5. The van der Waals surface area contributed by atoms with Gasteiger partial charge in [0.25, 0.3) is 5.91 Å². The van der Waals surface area contributed by atoms with Crippen molar-refractivity contribution in [2.45, 2.75) is 26.7 Å². The Morgan fingerprint density at radius 2 is 1.61 bits per heavy atom. The van der Waals surface area contributed by atoms with Gasteiger partial charge >= 0.3 is 0 Å². The molecule has 1 aromatic rings. The summed E-state index contributed by atoms with van der Waals surface area (Å²) >= 11 is 0. The van der Waals surface area contributed by atoms with Gasteiger partial charge in [-0.2, -0.15) is 0 Å². The summed E-state index contributed by atoms with van der Waals surface area (Å²) in [5.41, 5.74) is 4.43. The number of benzene rings is 1. The van der Waals surface area contributed by atoms with Crippen LogP contribution in [0.3, 0.4) is 0 Å². The molecule has 0 heterocycles. The largest absolute Gasteiger partial charge is 0.354 e. The van der Waals surface area contributed by atoms with E-state index in [1.165, 1.54) is 6.07 Å². The molecule has 0 saturated heterocycles. The van der Waals surface area contributed by atoms with Crippen molar-refractivity contribution in [2.75, 3.05) is 19.6 Å². The van der Waals surface area contributed by atoms with E-state index in [1.807, 2.05) is 13.8 Å². The van der Waals surface area contributed by atoms with E-state index in [2.05, 4.69) is 10.6 Å². The first-order valence-corrected chi connectivity index (χ1v) is 7.62. The Morgan fingerprint density at radius 1 is 1.09 bits per heavy atom. The van der Waals surface area contributed by atoms with Crippen LogP contribution in [0.25, 0.3) is 0 Å². The molecule has 0 aliphatic heterocycles. The third kappa shape index (κ3) is 4.48. The fourth-order valence-corrected chi connectivity index (χ4v) is 2.30. The number of carbonyl (C=O) groups excluding carboxylic acids is 2. The maximum absolute atomic E-state index is 13.4. The van der Waals surface area contributed by atoms with Crippen molar-refractivity contribution in [1.82, 2.24) is 10.6 Å². The summed E-state index contributed by atoms with van der Waals surface area (Å²) in [4.78, 5) is 23.9. The zero-order valence-electron chi connectivity index (χ0n) is 13.4. The van der Waals surface area contributed by atoms with Crippen molar-refractivity contribution in [1.29, 1.82) is 0 Å². The molecule has 0 fully saturated rings. The van der Waals surface area contributed by atoms with Crippen LogP contribution in [-0.4, -0.2) is 31.4 Å². The normalized spacial score (nSPS) is 11.2. The number of halogens is 2. The van der Waals surface area contributed by atoms with Gasteiger partial charge in [-0.05, 0) is 25.0 Å². The van der Waals surface area contributed by atoms with Crippen molar-refractivity contribution >= 4 is 11.8 Å². The summed E-state index contributed by atoms with van der Waals surface area (Å²) in [6.07, 6.45) is 1.22. The molecule has 4 N–H and O–H groups in total. The fourth-order valence-electron chi connectivity index (χ4n) is 2.30. The van der Waals surface area contributed by atoms with Crippen LogP contribution in [0, 0.1) is 17.0 Å².